The van der Waals surface area contributed by atoms with Crippen molar-refractivity contribution in [2.24, 2.45) is 0 Å². The van der Waals surface area contributed by atoms with Gasteiger partial charge in [0.25, 0.3) is 0 Å². The molecule has 0 aliphatic heterocycles. The first-order chi connectivity index (χ1) is 7.83. The molecule has 86 valence electrons. The van der Waals surface area contributed by atoms with Crippen LogP contribution in [0.5, 0.6) is 0 Å². The normalized spacial score (nSPS) is 11.9. The molecule has 0 amide bonds. The number of unbranched alkanes of at least 4 members (excludes halogenated alkanes) is 1. The van der Waals surface area contributed by atoms with Crippen molar-refractivity contribution in [3.63, 3.8) is 0 Å². The topological polar surface area (TPSA) is 26.3 Å². The van der Waals surface area contributed by atoms with Crippen LogP contribution in [0.15, 0.2) is 36.4 Å². The number of hydrogen-bond acceptors (Lipinski definition) is 2. The molecule has 0 saturated carbocycles. The van der Waals surface area contributed by atoms with E-state index in [1.54, 1.807) is 0 Å². The molecule has 0 heterocycles. The lowest BCUT2D eigenvalue weighted by Crippen LogP contribution is -1.86. The lowest BCUT2D eigenvalue weighted by atomic mass is 10.2. The molecule has 0 aliphatic carbocycles. The van der Waals surface area contributed by atoms with E-state index in [1.165, 1.54) is 0 Å². The Morgan fingerprint density at radius 3 is 2.75 bits per heavy atom. The van der Waals surface area contributed by atoms with Crippen molar-refractivity contribution >= 4 is 14.1 Å². The molecule has 1 unspecified atom stereocenters. The highest BCUT2D eigenvalue weighted by Gasteiger charge is 2.13. The second kappa shape index (κ2) is 8.20. The zero-order valence-electron chi connectivity index (χ0n) is 9.63. The zero-order valence-corrected chi connectivity index (χ0v) is 10.5. The highest BCUT2D eigenvalue weighted by Crippen LogP contribution is 2.22. The van der Waals surface area contributed by atoms with Crippen LogP contribution < -0.4 is 0 Å². The molecule has 0 radical (unpaired) electrons. The van der Waals surface area contributed by atoms with E-state index < -0.39 is 8.03 Å². The van der Waals surface area contributed by atoms with Crippen molar-refractivity contribution in [1.29, 1.82) is 0 Å². The molecule has 1 rings (SSSR count). The maximum absolute atomic E-state index is 11.4. The second-order valence-corrected chi connectivity index (χ2v) is 4.80. The van der Waals surface area contributed by atoms with Crippen LogP contribution >= 0.6 is 8.03 Å². The number of allylic oxidation sites excluding steroid dienone is 1. The van der Waals surface area contributed by atoms with Gasteiger partial charge in [0.1, 0.15) is 6.61 Å². The Balaban J connectivity index is 2.24. The monoisotopic (exact) mass is 237 g/mol. The molecule has 3 heteroatoms. The van der Waals surface area contributed by atoms with Crippen LogP contribution in [0.1, 0.15) is 25.3 Å². The molecular weight excluding hydrogens is 219 g/mol. The van der Waals surface area contributed by atoms with Gasteiger partial charge in [0.05, 0.1) is 0 Å². The summed E-state index contributed by atoms with van der Waals surface area (Å²) in [5.41, 5.74) is 1.12. The third kappa shape index (κ3) is 5.79. The predicted molar refractivity (Wildman–Crippen MR) is 68.8 cm³/mol. The van der Waals surface area contributed by atoms with Gasteiger partial charge < -0.3 is 0 Å². The van der Waals surface area contributed by atoms with Crippen molar-refractivity contribution in [2.45, 2.75) is 19.8 Å². The van der Waals surface area contributed by atoms with Gasteiger partial charge in [0.2, 0.25) is 0 Å². The Bertz CT molecular complexity index is 333. The third-order valence-corrected chi connectivity index (χ3v) is 3.08. The molecule has 1 atom stereocenters. The van der Waals surface area contributed by atoms with Crippen LogP contribution in [0.4, 0.5) is 0 Å². The predicted octanol–water partition coefficient (Wildman–Crippen LogP) is 4.26. The third-order valence-electron chi connectivity index (χ3n) is 2.10. The van der Waals surface area contributed by atoms with E-state index in [0.29, 0.717) is 12.8 Å². The molecule has 0 saturated heterocycles. The SMILES string of the molecule is CCCCO[P+](=O)C/C=C/c1ccccc1. The van der Waals surface area contributed by atoms with Crippen molar-refractivity contribution in [2.75, 3.05) is 12.8 Å². The summed E-state index contributed by atoms with van der Waals surface area (Å²) < 4.78 is 16.6. The fourth-order valence-electron chi connectivity index (χ4n) is 1.20. The molecule has 1 aromatic carbocycles. The summed E-state index contributed by atoms with van der Waals surface area (Å²) in [6.07, 6.45) is 6.41. The smallest absolute Gasteiger partial charge is 0.146 e. The van der Waals surface area contributed by atoms with Crippen LogP contribution in [0, 0.1) is 0 Å². The van der Waals surface area contributed by atoms with Gasteiger partial charge in [-0.1, -0.05) is 49.8 Å². The molecule has 0 bridgehead atoms. The van der Waals surface area contributed by atoms with Gasteiger partial charge in [-0.2, -0.15) is 0 Å². The van der Waals surface area contributed by atoms with Crippen LogP contribution in [0.3, 0.4) is 0 Å². The highest BCUT2D eigenvalue weighted by atomic mass is 31.1. The lowest BCUT2D eigenvalue weighted by molar-refractivity contribution is 0.322. The molecule has 1 aromatic rings. The molecular formula is C13H18O2P+. The first-order valence-electron chi connectivity index (χ1n) is 5.62. The summed E-state index contributed by atoms with van der Waals surface area (Å²) in [4.78, 5) is 0. The first-order valence-corrected chi connectivity index (χ1v) is 6.98. The van der Waals surface area contributed by atoms with Crippen LogP contribution in [-0.2, 0) is 9.09 Å². The Kier molecular flexibility index (Phi) is 6.71. The largest absolute Gasteiger partial charge is 0.512 e. The molecule has 0 N–H and O–H groups in total. The summed E-state index contributed by atoms with van der Waals surface area (Å²) in [5, 5.41) is 0. The summed E-state index contributed by atoms with van der Waals surface area (Å²) >= 11 is 0. The van der Waals surface area contributed by atoms with Gasteiger partial charge in [-0.05, 0) is 22.6 Å². The lowest BCUT2D eigenvalue weighted by Gasteiger charge is -1.89. The maximum Gasteiger partial charge on any atom is 0.512 e. The fourth-order valence-corrected chi connectivity index (χ4v) is 1.92. The maximum atomic E-state index is 11.4. The minimum atomic E-state index is -1.53. The Morgan fingerprint density at radius 1 is 1.31 bits per heavy atom. The van der Waals surface area contributed by atoms with E-state index in [0.717, 1.165) is 18.4 Å². The molecule has 0 aromatic heterocycles. The number of benzene rings is 1. The van der Waals surface area contributed by atoms with Gasteiger partial charge in [-0.3, -0.25) is 0 Å². The molecule has 16 heavy (non-hydrogen) atoms. The van der Waals surface area contributed by atoms with E-state index >= 15 is 0 Å². The molecule has 0 aliphatic rings. The van der Waals surface area contributed by atoms with Crippen molar-refractivity contribution < 1.29 is 9.09 Å². The van der Waals surface area contributed by atoms with E-state index in [1.807, 2.05) is 42.5 Å². The molecule has 0 spiro atoms. The highest BCUT2D eigenvalue weighted by molar-refractivity contribution is 7.39. The van der Waals surface area contributed by atoms with E-state index in [9.17, 15) is 4.57 Å². The number of hydrogen-bond donors (Lipinski definition) is 0. The van der Waals surface area contributed by atoms with Gasteiger partial charge in [-0.15, -0.1) is 4.52 Å². The number of rotatable bonds is 7. The zero-order chi connectivity index (χ0) is 11.6. The molecule has 0 fully saturated rings. The van der Waals surface area contributed by atoms with Crippen LogP contribution in [0.2, 0.25) is 0 Å². The first kappa shape index (κ1) is 13.1. The summed E-state index contributed by atoms with van der Waals surface area (Å²) in [6, 6.07) is 9.98. The second-order valence-electron chi connectivity index (χ2n) is 3.52. The minimum absolute atomic E-state index is 0.494. The van der Waals surface area contributed by atoms with Crippen molar-refractivity contribution in [3.05, 3.63) is 42.0 Å². The van der Waals surface area contributed by atoms with E-state index in [4.69, 9.17) is 4.52 Å². The van der Waals surface area contributed by atoms with Gasteiger partial charge in [-0.25, -0.2) is 0 Å². The summed E-state index contributed by atoms with van der Waals surface area (Å²) in [5.74, 6) is 0. The van der Waals surface area contributed by atoms with E-state index in [-0.39, 0.29) is 0 Å². The van der Waals surface area contributed by atoms with Crippen LogP contribution in [-0.4, -0.2) is 12.8 Å². The average Bonchev–Trinajstić information content (AvgIpc) is 2.31. The fraction of sp³-hybridized carbons (Fsp3) is 0.385. The Morgan fingerprint density at radius 2 is 2.06 bits per heavy atom. The summed E-state index contributed by atoms with van der Waals surface area (Å²) in [7, 11) is -1.53. The Hall–Kier alpha value is -0.980. The summed E-state index contributed by atoms with van der Waals surface area (Å²) in [6.45, 7) is 2.69. The standard InChI is InChI=1S/C13H18O2P/c1-2-3-11-15-16(14)12-7-10-13-8-5-4-6-9-13/h4-10H,2-3,11-12H2,1H3/q+1/b10-7+. The van der Waals surface area contributed by atoms with Gasteiger partial charge >= 0.3 is 8.03 Å². The van der Waals surface area contributed by atoms with Crippen molar-refractivity contribution in [3.8, 4) is 0 Å². The minimum Gasteiger partial charge on any atom is -0.146 e. The molecule has 2 nitrogen and oxygen atoms in total. The van der Waals surface area contributed by atoms with Gasteiger partial charge in [0, 0.05) is 0 Å². The van der Waals surface area contributed by atoms with E-state index in [2.05, 4.69) is 6.92 Å². The van der Waals surface area contributed by atoms with Crippen LogP contribution in [0.25, 0.3) is 6.08 Å². The van der Waals surface area contributed by atoms with Gasteiger partial charge in [0.15, 0.2) is 6.16 Å². The average molecular weight is 237 g/mol. The van der Waals surface area contributed by atoms with Crippen molar-refractivity contribution in [1.82, 2.24) is 0 Å². The quantitative estimate of drug-likeness (QED) is 0.523. The Labute approximate surface area is 98.2 Å².